The molecule has 0 radical (unpaired) electrons. The Labute approximate surface area is 118 Å². The van der Waals surface area contributed by atoms with E-state index < -0.39 is 5.60 Å². The molecule has 1 aliphatic rings. The fourth-order valence-corrected chi connectivity index (χ4v) is 2.74. The average Bonchev–Trinajstić information content (AvgIpc) is 2.67. The molecule has 0 aromatic heterocycles. The lowest BCUT2D eigenvalue weighted by atomic mass is 9.86. The van der Waals surface area contributed by atoms with Crippen molar-refractivity contribution in [1.82, 2.24) is 0 Å². The number of aryl methyl sites for hydroxylation is 2. The number of anilines is 1. The molecule has 3 rings (SSSR count). The summed E-state index contributed by atoms with van der Waals surface area (Å²) in [6.45, 7) is 4.01. The summed E-state index contributed by atoms with van der Waals surface area (Å²) in [5.41, 5.74) is 3.09. The zero-order valence-electron chi connectivity index (χ0n) is 11.6. The second-order valence-corrected chi connectivity index (χ2v) is 5.47. The van der Waals surface area contributed by atoms with Crippen LogP contribution >= 0.6 is 0 Å². The van der Waals surface area contributed by atoms with Crippen LogP contribution in [0.2, 0.25) is 0 Å². The van der Waals surface area contributed by atoms with E-state index in [2.05, 4.69) is 5.32 Å². The molecule has 0 fully saturated rings. The topological polar surface area (TPSA) is 49.3 Å². The molecule has 0 saturated heterocycles. The van der Waals surface area contributed by atoms with E-state index in [1.807, 2.05) is 50.2 Å². The quantitative estimate of drug-likeness (QED) is 0.879. The molecule has 1 unspecified atom stereocenters. The Morgan fingerprint density at radius 1 is 1.15 bits per heavy atom. The molecule has 3 nitrogen and oxygen atoms in total. The van der Waals surface area contributed by atoms with Crippen molar-refractivity contribution in [3.8, 4) is 0 Å². The van der Waals surface area contributed by atoms with Crippen LogP contribution in [0.3, 0.4) is 0 Å². The van der Waals surface area contributed by atoms with E-state index in [0.29, 0.717) is 17.7 Å². The third-order valence-corrected chi connectivity index (χ3v) is 3.95. The van der Waals surface area contributed by atoms with E-state index in [1.165, 1.54) is 0 Å². The highest BCUT2D eigenvalue weighted by Gasteiger charge is 2.45. The predicted octanol–water partition coefficient (Wildman–Crippen LogP) is 2.69. The minimum atomic E-state index is -1.48. The summed E-state index contributed by atoms with van der Waals surface area (Å²) in [4.78, 5) is 12.2. The number of hydrogen-bond acceptors (Lipinski definition) is 2. The number of amides is 1. The highest BCUT2D eigenvalue weighted by atomic mass is 16.3. The summed E-state index contributed by atoms with van der Waals surface area (Å²) in [7, 11) is 0. The standard InChI is InChI=1S/C17H17NO2/c1-11-7-8-12(2)13(9-11)10-17(20)14-5-3-4-6-15(14)18-16(17)19/h3-9,20H,10H2,1-2H3,(H,18,19). The number of rotatable bonds is 2. The first-order valence-corrected chi connectivity index (χ1v) is 6.70. The summed E-state index contributed by atoms with van der Waals surface area (Å²) in [5.74, 6) is -0.348. The van der Waals surface area contributed by atoms with Crippen LogP contribution in [-0.2, 0) is 16.8 Å². The van der Waals surface area contributed by atoms with Gasteiger partial charge >= 0.3 is 0 Å². The lowest BCUT2D eigenvalue weighted by Gasteiger charge is -2.22. The Bertz CT molecular complexity index is 693. The van der Waals surface area contributed by atoms with Crippen LogP contribution in [0.15, 0.2) is 42.5 Å². The zero-order valence-corrected chi connectivity index (χ0v) is 11.6. The van der Waals surface area contributed by atoms with Crippen LogP contribution in [0.5, 0.6) is 0 Å². The van der Waals surface area contributed by atoms with E-state index in [0.717, 1.165) is 16.7 Å². The number of fused-ring (bicyclic) bond motifs is 1. The summed E-state index contributed by atoms with van der Waals surface area (Å²) >= 11 is 0. The first-order valence-electron chi connectivity index (χ1n) is 6.70. The van der Waals surface area contributed by atoms with E-state index in [-0.39, 0.29) is 5.91 Å². The second-order valence-electron chi connectivity index (χ2n) is 5.47. The maximum absolute atomic E-state index is 12.2. The smallest absolute Gasteiger partial charge is 0.261 e. The minimum Gasteiger partial charge on any atom is -0.375 e. The Balaban J connectivity index is 2.05. The number of para-hydroxylation sites is 1. The largest absolute Gasteiger partial charge is 0.375 e. The highest BCUT2D eigenvalue weighted by molar-refractivity contribution is 6.05. The molecule has 1 aliphatic heterocycles. The van der Waals surface area contributed by atoms with Gasteiger partial charge in [-0.25, -0.2) is 0 Å². The molecule has 0 bridgehead atoms. The molecule has 3 heteroatoms. The van der Waals surface area contributed by atoms with Crippen molar-refractivity contribution in [2.45, 2.75) is 25.9 Å². The van der Waals surface area contributed by atoms with Crippen LogP contribution in [0, 0.1) is 13.8 Å². The number of aliphatic hydroxyl groups is 1. The fraction of sp³-hybridized carbons (Fsp3) is 0.235. The molecule has 102 valence electrons. The van der Waals surface area contributed by atoms with E-state index in [4.69, 9.17) is 0 Å². The van der Waals surface area contributed by atoms with Crippen molar-refractivity contribution in [3.05, 3.63) is 64.7 Å². The number of carbonyl (C=O) groups excluding carboxylic acids is 1. The molecule has 2 N–H and O–H groups in total. The van der Waals surface area contributed by atoms with Gasteiger partial charge in [-0.05, 0) is 31.0 Å². The number of carbonyl (C=O) groups is 1. The number of hydrogen-bond donors (Lipinski definition) is 2. The van der Waals surface area contributed by atoms with Gasteiger partial charge in [0, 0.05) is 17.7 Å². The molecule has 2 aromatic rings. The molecular formula is C17H17NO2. The van der Waals surface area contributed by atoms with E-state index in [1.54, 1.807) is 6.07 Å². The van der Waals surface area contributed by atoms with E-state index >= 15 is 0 Å². The maximum Gasteiger partial charge on any atom is 0.261 e. The summed E-state index contributed by atoms with van der Waals surface area (Å²) in [6, 6.07) is 13.4. The summed E-state index contributed by atoms with van der Waals surface area (Å²) in [6.07, 6.45) is 0.295. The van der Waals surface area contributed by atoms with Gasteiger partial charge in [0.25, 0.3) is 5.91 Å². The fourth-order valence-electron chi connectivity index (χ4n) is 2.74. The van der Waals surface area contributed by atoms with Gasteiger partial charge in [0.15, 0.2) is 5.60 Å². The van der Waals surface area contributed by atoms with Crippen molar-refractivity contribution >= 4 is 11.6 Å². The molecule has 0 aliphatic carbocycles. The molecule has 1 amide bonds. The molecule has 1 atom stereocenters. The van der Waals surface area contributed by atoms with Crippen LogP contribution in [0.25, 0.3) is 0 Å². The van der Waals surface area contributed by atoms with Crippen molar-refractivity contribution in [2.75, 3.05) is 5.32 Å². The van der Waals surface area contributed by atoms with Gasteiger partial charge in [-0.2, -0.15) is 0 Å². The van der Waals surface area contributed by atoms with Crippen molar-refractivity contribution in [3.63, 3.8) is 0 Å². The van der Waals surface area contributed by atoms with Crippen LogP contribution in [0.1, 0.15) is 22.3 Å². The van der Waals surface area contributed by atoms with Gasteiger partial charge in [-0.1, -0.05) is 42.0 Å². The van der Waals surface area contributed by atoms with Crippen molar-refractivity contribution in [1.29, 1.82) is 0 Å². The van der Waals surface area contributed by atoms with Gasteiger partial charge in [0.2, 0.25) is 0 Å². The van der Waals surface area contributed by atoms with Crippen molar-refractivity contribution < 1.29 is 9.90 Å². The van der Waals surface area contributed by atoms with Crippen LogP contribution in [-0.4, -0.2) is 11.0 Å². The highest BCUT2D eigenvalue weighted by Crippen LogP contribution is 2.38. The lowest BCUT2D eigenvalue weighted by Crippen LogP contribution is -2.36. The van der Waals surface area contributed by atoms with Gasteiger partial charge < -0.3 is 10.4 Å². The van der Waals surface area contributed by atoms with E-state index in [9.17, 15) is 9.90 Å². The predicted molar refractivity (Wildman–Crippen MR) is 78.6 cm³/mol. The molecule has 2 aromatic carbocycles. The molecule has 1 heterocycles. The Morgan fingerprint density at radius 2 is 1.90 bits per heavy atom. The van der Waals surface area contributed by atoms with Gasteiger partial charge in [-0.15, -0.1) is 0 Å². The Morgan fingerprint density at radius 3 is 2.70 bits per heavy atom. The second kappa shape index (κ2) is 4.46. The third-order valence-electron chi connectivity index (χ3n) is 3.95. The molecule has 20 heavy (non-hydrogen) atoms. The first-order chi connectivity index (χ1) is 9.50. The summed E-state index contributed by atoms with van der Waals surface area (Å²) in [5, 5.41) is 13.6. The van der Waals surface area contributed by atoms with Gasteiger partial charge in [0.1, 0.15) is 0 Å². The normalized spacial score (nSPS) is 20.6. The SMILES string of the molecule is Cc1ccc(C)c(CC2(O)C(=O)Nc3ccccc32)c1. The minimum absolute atomic E-state index is 0.295. The first kappa shape index (κ1) is 12.9. The zero-order chi connectivity index (χ0) is 14.3. The maximum atomic E-state index is 12.2. The summed E-state index contributed by atoms with van der Waals surface area (Å²) < 4.78 is 0. The lowest BCUT2D eigenvalue weighted by molar-refractivity contribution is -0.133. The Kier molecular flexibility index (Phi) is 2.87. The molecule has 0 saturated carbocycles. The number of nitrogens with one attached hydrogen (secondary N) is 1. The van der Waals surface area contributed by atoms with Crippen LogP contribution < -0.4 is 5.32 Å². The monoisotopic (exact) mass is 267 g/mol. The third kappa shape index (κ3) is 1.91. The Hall–Kier alpha value is -2.13. The van der Waals surface area contributed by atoms with Gasteiger partial charge in [-0.3, -0.25) is 4.79 Å². The van der Waals surface area contributed by atoms with Gasteiger partial charge in [0.05, 0.1) is 0 Å². The molecular weight excluding hydrogens is 250 g/mol. The average molecular weight is 267 g/mol. The van der Waals surface area contributed by atoms with Crippen LogP contribution in [0.4, 0.5) is 5.69 Å². The van der Waals surface area contributed by atoms with Crippen molar-refractivity contribution in [2.24, 2.45) is 0 Å². The number of benzene rings is 2. The molecule has 0 spiro atoms.